The Morgan fingerprint density at radius 1 is 1.45 bits per heavy atom. The summed E-state index contributed by atoms with van der Waals surface area (Å²) in [5.74, 6) is 0.510. The van der Waals surface area contributed by atoms with E-state index in [1.807, 2.05) is 0 Å². The molecule has 7 nitrogen and oxygen atoms in total. The van der Waals surface area contributed by atoms with Crippen molar-refractivity contribution in [3.8, 4) is 0 Å². The Morgan fingerprint density at radius 2 is 2.15 bits per heavy atom. The molecule has 0 amide bonds. The van der Waals surface area contributed by atoms with Crippen LogP contribution in [0.5, 0.6) is 0 Å². The standard InChI is InChI=1S/C13H18N4O3/c1-8(18)15-11-6-5-10-9(16-11)7-14-17(10)12(19)20-13(2,3)4/h5-8,18H,1-4H3,(H,15,16)/t8-/m1/s1. The summed E-state index contributed by atoms with van der Waals surface area (Å²) in [5.41, 5.74) is 0.508. The monoisotopic (exact) mass is 278 g/mol. The number of fused-ring (bicyclic) bond motifs is 1. The fraction of sp³-hybridized carbons (Fsp3) is 0.462. The first-order valence-corrected chi connectivity index (χ1v) is 6.29. The Balaban J connectivity index is 2.31. The van der Waals surface area contributed by atoms with E-state index in [0.717, 1.165) is 0 Å². The highest BCUT2D eigenvalue weighted by molar-refractivity contribution is 5.86. The zero-order chi connectivity index (χ0) is 14.9. The predicted octanol–water partition coefficient (Wildman–Crippen LogP) is 1.96. The molecule has 0 saturated carbocycles. The molecule has 2 rings (SSSR count). The molecule has 0 saturated heterocycles. The van der Waals surface area contributed by atoms with Crippen molar-refractivity contribution < 1.29 is 14.6 Å². The maximum Gasteiger partial charge on any atom is 0.435 e. The van der Waals surface area contributed by atoms with Gasteiger partial charge in [0.25, 0.3) is 0 Å². The molecular weight excluding hydrogens is 260 g/mol. The van der Waals surface area contributed by atoms with Crippen molar-refractivity contribution >= 4 is 22.9 Å². The third-order valence-corrected chi connectivity index (χ3v) is 2.35. The number of hydrogen-bond acceptors (Lipinski definition) is 6. The molecule has 7 heteroatoms. The number of hydrogen-bond donors (Lipinski definition) is 2. The summed E-state index contributed by atoms with van der Waals surface area (Å²) in [7, 11) is 0. The minimum Gasteiger partial charge on any atom is -0.442 e. The number of aromatic nitrogens is 3. The number of rotatable bonds is 2. The first-order chi connectivity index (χ1) is 9.26. The van der Waals surface area contributed by atoms with E-state index in [4.69, 9.17) is 4.74 Å². The van der Waals surface area contributed by atoms with Gasteiger partial charge >= 0.3 is 6.09 Å². The van der Waals surface area contributed by atoms with Crippen molar-refractivity contribution in [3.05, 3.63) is 18.3 Å². The van der Waals surface area contributed by atoms with E-state index in [2.05, 4.69) is 15.4 Å². The van der Waals surface area contributed by atoms with Crippen molar-refractivity contribution in [2.45, 2.75) is 39.5 Å². The number of carbonyl (C=O) groups excluding carboxylic acids is 1. The smallest absolute Gasteiger partial charge is 0.435 e. The molecule has 2 aromatic rings. The number of aliphatic hydroxyl groups excluding tert-OH is 1. The topological polar surface area (TPSA) is 89.3 Å². The summed E-state index contributed by atoms with van der Waals surface area (Å²) in [5, 5.41) is 16.0. The lowest BCUT2D eigenvalue weighted by molar-refractivity contribution is 0.0522. The Hall–Kier alpha value is -2.15. The van der Waals surface area contributed by atoms with E-state index in [-0.39, 0.29) is 0 Å². The van der Waals surface area contributed by atoms with Crippen LogP contribution < -0.4 is 5.32 Å². The number of nitrogens with one attached hydrogen (secondary N) is 1. The van der Waals surface area contributed by atoms with Gasteiger partial charge in [-0.25, -0.2) is 9.78 Å². The number of carbonyl (C=O) groups is 1. The van der Waals surface area contributed by atoms with Gasteiger partial charge in [-0.3, -0.25) is 0 Å². The fourth-order valence-electron chi connectivity index (χ4n) is 1.66. The number of aliphatic hydroxyl groups is 1. The van der Waals surface area contributed by atoms with Gasteiger partial charge in [0.2, 0.25) is 0 Å². The third-order valence-electron chi connectivity index (χ3n) is 2.35. The molecular formula is C13H18N4O3. The number of pyridine rings is 1. The molecule has 0 aliphatic carbocycles. The molecule has 0 spiro atoms. The first kappa shape index (κ1) is 14.3. The van der Waals surface area contributed by atoms with Crippen LogP contribution in [0.2, 0.25) is 0 Å². The lowest BCUT2D eigenvalue weighted by atomic mass is 10.2. The normalized spacial score (nSPS) is 13.2. The lowest BCUT2D eigenvalue weighted by Crippen LogP contribution is -2.27. The average Bonchev–Trinajstić information content (AvgIpc) is 2.68. The molecule has 0 radical (unpaired) electrons. The summed E-state index contributed by atoms with van der Waals surface area (Å²) in [6, 6.07) is 3.36. The van der Waals surface area contributed by atoms with E-state index in [0.29, 0.717) is 16.9 Å². The van der Waals surface area contributed by atoms with Gasteiger partial charge in [-0.2, -0.15) is 9.78 Å². The Morgan fingerprint density at radius 3 is 2.75 bits per heavy atom. The molecule has 2 aromatic heterocycles. The van der Waals surface area contributed by atoms with Gasteiger partial charge in [0.1, 0.15) is 23.2 Å². The molecule has 1 atom stereocenters. The predicted molar refractivity (Wildman–Crippen MR) is 74.5 cm³/mol. The van der Waals surface area contributed by atoms with Gasteiger partial charge in [0, 0.05) is 0 Å². The average molecular weight is 278 g/mol. The molecule has 20 heavy (non-hydrogen) atoms. The molecule has 108 valence electrons. The van der Waals surface area contributed by atoms with Crippen LogP contribution in [-0.4, -0.2) is 37.8 Å². The van der Waals surface area contributed by atoms with Crippen molar-refractivity contribution in [2.24, 2.45) is 0 Å². The zero-order valence-corrected chi connectivity index (χ0v) is 11.9. The van der Waals surface area contributed by atoms with E-state index in [1.165, 1.54) is 10.9 Å². The molecule has 0 aromatic carbocycles. The van der Waals surface area contributed by atoms with Gasteiger partial charge in [-0.1, -0.05) is 0 Å². The Labute approximate surface area is 116 Å². The van der Waals surface area contributed by atoms with Gasteiger partial charge < -0.3 is 15.2 Å². The summed E-state index contributed by atoms with van der Waals surface area (Å²) >= 11 is 0. The summed E-state index contributed by atoms with van der Waals surface area (Å²) < 4.78 is 6.43. The number of ether oxygens (including phenoxy) is 1. The zero-order valence-electron chi connectivity index (χ0n) is 11.9. The first-order valence-electron chi connectivity index (χ1n) is 6.29. The molecule has 0 bridgehead atoms. The highest BCUT2D eigenvalue weighted by atomic mass is 16.6. The van der Waals surface area contributed by atoms with Crippen LogP contribution in [0, 0.1) is 0 Å². The third kappa shape index (κ3) is 3.24. The van der Waals surface area contributed by atoms with Gasteiger partial charge in [-0.05, 0) is 39.8 Å². The van der Waals surface area contributed by atoms with Gasteiger partial charge in [0.15, 0.2) is 0 Å². The summed E-state index contributed by atoms with van der Waals surface area (Å²) in [6.07, 6.45) is 0.221. The van der Waals surface area contributed by atoms with Crippen LogP contribution in [0.3, 0.4) is 0 Å². The largest absolute Gasteiger partial charge is 0.442 e. The van der Waals surface area contributed by atoms with Crippen molar-refractivity contribution in [1.82, 2.24) is 14.8 Å². The van der Waals surface area contributed by atoms with E-state index in [1.54, 1.807) is 39.8 Å². The minimum atomic E-state index is -0.708. The van der Waals surface area contributed by atoms with Gasteiger partial charge in [0.05, 0.1) is 11.7 Å². The second kappa shape index (κ2) is 5.09. The Bertz CT molecular complexity index is 628. The Kier molecular flexibility index (Phi) is 3.63. The van der Waals surface area contributed by atoms with E-state index >= 15 is 0 Å². The van der Waals surface area contributed by atoms with Crippen molar-refractivity contribution in [3.63, 3.8) is 0 Å². The van der Waals surface area contributed by atoms with Gasteiger partial charge in [-0.15, -0.1) is 0 Å². The molecule has 0 unspecified atom stereocenters. The highest BCUT2D eigenvalue weighted by Crippen LogP contribution is 2.17. The maximum atomic E-state index is 12.0. The van der Waals surface area contributed by atoms with Crippen molar-refractivity contribution in [1.29, 1.82) is 0 Å². The molecule has 0 aliphatic rings. The second-order valence-corrected chi connectivity index (χ2v) is 5.46. The summed E-state index contributed by atoms with van der Waals surface area (Å²) in [6.45, 7) is 6.97. The number of anilines is 1. The van der Waals surface area contributed by atoms with Crippen LogP contribution in [0.4, 0.5) is 10.6 Å². The SMILES string of the molecule is C[C@@H](O)Nc1ccc2c(cnn2C(=O)OC(C)(C)C)n1. The lowest BCUT2D eigenvalue weighted by Gasteiger charge is -2.19. The van der Waals surface area contributed by atoms with Crippen LogP contribution >= 0.6 is 0 Å². The highest BCUT2D eigenvalue weighted by Gasteiger charge is 2.20. The van der Waals surface area contributed by atoms with Crippen LogP contribution in [0.25, 0.3) is 11.0 Å². The molecule has 0 fully saturated rings. The minimum absolute atomic E-state index is 0.510. The van der Waals surface area contributed by atoms with Crippen LogP contribution in [0.15, 0.2) is 18.3 Å². The number of nitrogens with zero attached hydrogens (tertiary/aromatic N) is 3. The van der Waals surface area contributed by atoms with Crippen LogP contribution in [-0.2, 0) is 4.74 Å². The second-order valence-electron chi connectivity index (χ2n) is 5.46. The van der Waals surface area contributed by atoms with E-state index < -0.39 is 17.9 Å². The quantitative estimate of drug-likeness (QED) is 0.816. The van der Waals surface area contributed by atoms with Crippen LogP contribution in [0.1, 0.15) is 27.7 Å². The maximum absolute atomic E-state index is 12.0. The fourth-order valence-corrected chi connectivity index (χ4v) is 1.66. The molecule has 0 aliphatic heterocycles. The molecule has 2 heterocycles. The van der Waals surface area contributed by atoms with E-state index in [9.17, 15) is 9.90 Å². The van der Waals surface area contributed by atoms with Crippen molar-refractivity contribution in [2.75, 3.05) is 5.32 Å². The summed E-state index contributed by atoms with van der Waals surface area (Å²) in [4.78, 5) is 16.2. The molecule has 2 N–H and O–H groups in total.